The molecule has 7 heteroatoms. The Labute approximate surface area is 167 Å². The van der Waals surface area contributed by atoms with Gasteiger partial charge in [-0.2, -0.15) is 0 Å². The number of carbonyl (C=O) groups is 1. The van der Waals surface area contributed by atoms with Crippen molar-refractivity contribution in [3.63, 3.8) is 0 Å². The Bertz CT molecular complexity index is 686. The molecule has 3 saturated heterocycles. The average molecular weight is 389 g/mol. The van der Waals surface area contributed by atoms with E-state index >= 15 is 0 Å². The van der Waals surface area contributed by atoms with Crippen molar-refractivity contribution in [3.05, 3.63) is 18.2 Å². The van der Waals surface area contributed by atoms with Gasteiger partial charge in [-0.1, -0.05) is 0 Å². The molecule has 1 spiro atoms. The molecule has 1 unspecified atom stereocenters. The van der Waals surface area contributed by atoms with Crippen LogP contribution in [0.25, 0.3) is 0 Å². The van der Waals surface area contributed by atoms with Gasteiger partial charge in [0.15, 0.2) is 6.10 Å². The molecular weight excluding hydrogens is 356 g/mol. The van der Waals surface area contributed by atoms with Crippen LogP contribution in [0.3, 0.4) is 0 Å². The Morgan fingerprint density at radius 2 is 1.89 bits per heavy atom. The van der Waals surface area contributed by atoms with E-state index in [-0.39, 0.29) is 12.0 Å². The normalized spacial score (nSPS) is 28.6. The van der Waals surface area contributed by atoms with Gasteiger partial charge in [0.25, 0.3) is 5.91 Å². The number of rotatable bonds is 3. The van der Waals surface area contributed by atoms with Crippen LogP contribution in [0.2, 0.25) is 0 Å². The lowest BCUT2D eigenvalue weighted by molar-refractivity contribution is -0.180. The quantitative estimate of drug-likeness (QED) is 0.788. The van der Waals surface area contributed by atoms with Crippen molar-refractivity contribution in [2.24, 2.45) is 5.92 Å². The molecule has 5 heterocycles. The maximum atomic E-state index is 13.0. The lowest BCUT2D eigenvalue weighted by Gasteiger charge is -2.46. The third-order valence-corrected chi connectivity index (χ3v) is 7.07. The number of carbonyl (C=O) groups excluding carboxylic acids is 1. The van der Waals surface area contributed by atoms with Crippen molar-refractivity contribution in [3.8, 4) is 0 Å². The number of ether oxygens (including phenoxy) is 2. The predicted molar refractivity (Wildman–Crippen MR) is 104 cm³/mol. The van der Waals surface area contributed by atoms with Crippen LogP contribution in [0.1, 0.15) is 44.3 Å². The van der Waals surface area contributed by atoms with Crippen LogP contribution in [-0.2, 0) is 26.4 Å². The number of fused-ring (bicyclic) bond motifs is 2. The predicted octanol–water partition coefficient (Wildman–Crippen LogP) is 1.62. The highest BCUT2D eigenvalue weighted by Gasteiger charge is 2.48. The monoisotopic (exact) mass is 388 g/mol. The molecule has 5 rings (SSSR count). The Morgan fingerprint density at radius 1 is 1.14 bits per heavy atom. The maximum absolute atomic E-state index is 13.0. The number of imidazole rings is 1. The van der Waals surface area contributed by atoms with Crippen molar-refractivity contribution in [2.75, 3.05) is 45.9 Å². The van der Waals surface area contributed by atoms with Gasteiger partial charge < -0.3 is 23.8 Å². The maximum Gasteiger partial charge on any atom is 0.253 e. The molecule has 0 aliphatic carbocycles. The van der Waals surface area contributed by atoms with E-state index in [1.54, 1.807) is 0 Å². The van der Waals surface area contributed by atoms with Gasteiger partial charge in [0, 0.05) is 58.3 Å². The molecule has 0 saturated carbocycles. The van der Waals surface area contributed by atoms with Crippen molar-refractivity contribution >= 4 is 5.91 Å². The zero-order valence-corrected chi connectivity index (χ0v) is 16.7. The molecule has 1 aromatic heterocycles. The van der Waals surface area contributed by atoms with Gasteiger partial charge in [-0.15, -0.1) is 0 Å². The van der Waals surface area contributed by atoms with E-state index < -0.39 is 5.60 Å². The zero-order valence-electron chi connectivity index (χ0n) is 16.7. The van der Waals surface area contributed by atoms with Crippen molar-refractivity contribution in [2.45, 2.75) is 56.8 Å². The number of aromatic nitrogens is 2. The molecular formula is C21H32N4O3. The summed E-state index contributed by atoms with van der Waals surface area (Å²) in [5, 5.41) is 0. The summed E-state index contributed by atoms with van der Waals surface area (Å²) in [6.45, 7) is 7.33. The van der Waals surface area contributed by atoms with Crippen LogP contribution in [-0.4, -0.2) is 77.3 Å². The van der Waals surface area contributed by atoms with E-state index in [1.807, 2.05) is 17.3 Å². The first-order valence-electron chi connectivity index (χ1n) is 11.0. The number of piperidine rings is 1. The molecule has 154 valence electrons. The Morgan fingerprint density at radius 3 is 2.64 bits per heavy atom. The molecule has 7 nitrogen and oxygen atoms in total. The minimum atomic E-state index is -0.409. The van der Waals surface area contributed by atoms with Crippen LogP contribution in [0.5, 0.6) is 0 Å². The number of hydrogen-bond acceptors (Lipinski definition) is 5. The Hall–Kier alpha value is -1.44. The van der Waals surface area contributed by atoms with Gasteiger partial charge in [0.05, 0.1) is 6.54 Å². The smallest absolute Gasteiger partial charge is 0.253 e. The summed E-state index contributed by atoms with van der Waals surface area (Å²) in [6, 6.07) is 0. The molecule has 1 aromatic rings. The van der Waals surface area contributed by atoms with E-state index in [0.717, 1.165) is 83.4 Å². The van der Waals surface area contributed by atoms with E-state index in [9.17, 15) is 4.79 Å². The largest absolute Gasteiger partial charge is 0.381 e. The topological polar surface area (TPSA) is 59.8 Å². The fourth-order valence-corrected chi connectivity index (χ4v) is 5.40. The highest BCUT2D eigenvalue weighted by Crippen LogP contribution is 2.40. The summed E-state index contributed by atoms with van der Waals surface area (Å²) < 4.78 is 14.3. The first-order chi connectivity index (χ1) is 13.7. The SMILES string of the molecule is O=C(C1Cn2ccnc2C2(CCN(CC3CCOCC3)CC2)O1)N1CCCC1. The lowest BCUT2D eigenvalue weighted by atomic mass is 9.87. The average Bonchev–Trinajstić information content (AvgIpc) is 3.42. The molecule has 0 bridgehead atoms. The summed E-state index contributed by atoms with van der Waals surface area (Å²) in [4.78, 5) is 22.2. The van der Waals surface area contributed by atoms with Crippen LogP contribution >= 0.6 is 0 Å². The summed E-state index contributed by atoms with van der Waals surface area (Å²) in [5.41, 5.74) is -0.409. The number of likely N-dealkylation sites (tertiary alicyclic amines) is 2. The van der Waals surface area contributed by atoms with Gasteiger partial charge in [-0.3, -0.25) is 4.79 Å². The summed E-state index contributed by atoms with van der Waals surface area (Å²) in [5.74, 6) is 1.94. The molecule has 28 heavy (non-hydrogen) atoms. The van der Waals surface area contributed by atoms with Gasteiger partial charge in [0.1, 0.15) is 11.4 Å². The molecule has 0 aromatic carbocycles. The second-order valence-electron chi connectivity index (χ2n) is 8.89. The summed E-state index contributed by atoms with van der Waals surface area (Å²) in [7, 11) is 0. The van der Waals surface area contributed by atoms with E-state index in [1.165, 1.54) is 12.8 Å². The summed E-state index contributed by atoms with van der Waals surface area (Å²) >= 11 is 0. The number of amides is 1. The zero-order chi connectivity index (χ0) is 19.0. The lowest BCUT2D eigenvalue weighted by Crippen LogP contribution is -2.54. The molecule has 1 amide bonds. The second-order valence-corrected chi connectivity index (χ2v) is 8.89. The molecule has 0 N–H and O–H groups in total. The number of hydrogen-bond donors (Lipinski definition) is 0. The highest BCUT2D eigenvalue weighted by atomic mass is 16.5. The first kappa shape index (κ1) is 18.6. The van der Waals surface area contributed by atoms with Crippen LogP contribution in [0, 0.1) is 5.92 Å². The minimum Gasteiger partial charge on any atom is -0.381 e. The van der Waals surface area contributed by atoms with Gasteiger partial charge in [0.2, 0.25) is 0 Å². The third-order valence-electron chi connectivity index (χ3n) is 7.07. The Kier molecular flexibility index (Phi) is 5.15. The summed E-state index contributed by atoms with van der Waals surface area (Å²) in [6.07, 6.45) is 9.90. The van der Waals surface area contributed by atoms with Gasteiger partial charge in [-0.05, 0) is 44.4 Å². The molecule has 3 fully saturated rings. The van der Waals surface area contributed by atoms with Crippen molar-refractivity contribution in [1.29, 1.82) is 0 Å². The van der Waals surface area contributed by atoms with Crippen LogP contribution in [0.15, 0.2) is 12.4 Å². The third kappa shape index (κ3) is 3.48. The van der Waals surface area contributed by atoms with Crippen molar-refractivity contribution in [1.82, 2.24) is 19.4 Å². The first-order valence-corrected chi connectivity index (χ1v) is 11.0. The highest BCUT2D eigenvalue weighted by molar-refractivity contribution is 5.81. The standard InChI is InChI=1S/C21H32N4O3/c26-19(24-8-1-2-9-24)18-16-25-12-7-22-20(25)21(28-18)5-10-23(11-6-21)15-17-3-13-27-14-4-17/h7,12,17-18H,1-6,8-11,13-16H2. The van der Waals surface area contributed by atoms with E-state index in [0.29, 0.717) is 6.54 Å². The minimum absolute atomic E-state index is 0.167. The van der Waals surface area contributed by atoms with Crippen LogP contribution in [0.4, 0.5) is 0 Å². The Balaban J connectivity index is 1.28. The van der Waals surface area contributed by atoms with E-state index in [2.05, 4.69) is 14.5 Å². The van der Waals surface area contributed by atoms with E-state index in [4.69, 9.17) is 9.47 Å². The number of nitrogens with zero attached hydrogens (tertiary/aromatic N) is 4. The van der Waals surface area contributed by atoms with Crippen molar-refractivity contribution < 1.29 is 14.3 Å². The fraction of sp³-hybridized carbons (Fsp3) is 0.810. The van der Waals surface area contributed by atoms with Crippen LogP contribution < -0.4 is 0 Å². The molecule has 4 aliphatic rings. The fourth-order valence-electron chi connectivity index (χ4n) is 5.40. The van der Waals surface area contributed by atoms with Gasteiger partial charge in [-0.25, -0.2) is 4.98 Å². The second kappa shape index (κ2) is 7.76. The molecule has 0 radical (unpaired) electrons. The van der Waals surface area contributed by atoms with Gasteiger partial charge >= 0.3 is 0 Å². The molecule has 4 aliphatic heterocycles. The molecule has 1 atom stereocenters.